The molecule has 2 fully saturated rings. The van der Waals surface area contributed by atoms with Gasteiger partial charge in [0.25, 0.3) is 0 Å². The van der Waals surface area contributed by atoms with Gasteiger partial charge in [-0.3, -0.25) is 4.90 Å². The molecule has 0 spiro atoms. The molecular weight excluding hydrogens is 236 g/mol. The molecule has 0 saturated carbocycles. The molecule has 5 heteroatoms. The van der Waals surface area contributed by atoms with E-state index >= 15 is 0 Å². The van der Waals surface area contributed by atoms with Gasteiger partial charge in [-0.2, -0.15) is 0 Å². The second-order valence-electron chi connectivity index (χ2n) is 5.18. The van der Waals surface area contributed by atoms with Gasteiger partial charge in [0.2, 0.25) is 0 Å². The maximum atomic E-state index is 11.5. The molecule has 0 radical (unpaired) electrons. The minimum atomic E-state index is -2.82. The Kier molecular flexibility index (Phi) is 4.44. The summed E-state index contributed by atoms with van der Waals surface area (Å²) in [7, 11) is -2.82. The first kappa shape index (κ1) is 13.3. The predicted molar refractivity (Wildman–Crippen MR) is 69.9 cm³/mol. The van der Waals surface area contributed by atoms with Crippen molar-refractivity contribution in [3.63, 3.8) is 0 Å². The summed E-state index contributed by atoms with van der Waals surface area (Å²) in [6.45, 7) is 4.65. The van der Waals surface area contributed by atoms with Crippen LogP contribution in [0.5, 0.6) is 0 Å². The van der Waals surface area contributed by atoms with E-state index in [0.29, 0.717) is 17.8 Å². The first-order valence-electron chi connectivity index (χ1n) is 6.80. The highest BCUT2D eigenvalue weighted by molar-refractivity contribution is 7.91. The lowest BCUT2D eigenvalue weighted by Gasteiger charge is -2.29. The highest BCUT2D eigenvalue weighted by atomic mass is 32.2. The van der Waals surface area contributed by atoms with Crippen LogP contribution >= 0.6 is 0 Å². The van der Waals surface area contributed by atoms with Gasteiger partial charge in [-0.1, -0.05) is 6.92 Å². The number of rotatable bonds is 5. The normalized spacial score (nSPS) is 31.1. The Morgan fingerprint density at radius 1 is 1.29 bits per heavy atom. The van der Waals surface area contributed by atoms with Gasteiger partial charge in [0, 0.05) is 24.4 Å². The Morgan fingerprint density at radius 2 is 2.12 bits per heavy atom. The third-order valence-electron chi connectivity index (χ3n) is 4.11. The van der Waals surface area contributed by atoms with Crippen LogP contribution in [0.3, 0.4) is 0 Å². The van der Waals surface area contributed by atoms with Gasteiger partial charge in [-0.15, -0.1) is 0 Å². The Balaban J connectivity index is 1.87. The van der Waals surface area contributed by atoms with Gasteiger partial charge in [-0.05, 0) is 38.8 Å². The highest BCUT2D eigenvalue weighted by Crippen LogP contribution is 2.24. The lowest BCUT2D eigenvalue weighted by atomic mass is 10.0. The van der Waals surface area contributed by atoms with E-state index in [-0.39, 0.29) is 5.75 Å². The van der Waals surface area contributed by atoms with E-state index in [9.17, 15) is 8.42 Å². The van der Waals surface area contributed by atoms with Crippen molar-refractivity contribution in [2.75, 3.05) is 31.1 Å². The van der Waals surface area contributed by atoms with Gasteiger partial charge in [0.05, 0.1) is 5.75 Å². The summed E-state index contributed by atoms with van der Waals surface area (Å²) in [5.41, 5.74) is 0. The van der Waals surface area contributed by atoms with Gasteiger partial charge >= 0.3 is 0 Å². The van der Waals surface area contributed by atoms with E-state index in [0.717, 1.165) is 19.6 Å². The molecule has 0 bridgehead atoms. The third kappa shape index (κ3) is 3.42. The maximum Gasteiger partial charge on any atom is 0.151 e. The van der Waals surface area contributed by atoms with Crippen LogP contribution in [0.15, 0.2) is 0 Å². The van der Waals surface area contributed by atoms with Crippen LogP contribution in [0, 0.1) is 0 Å². The minimum absolute atomic E-state index is 0.271. The van der Waals surface area contributed by atoms with Crippen molar-refractivity contribution < 1.29 is 8.42 Å². The molecule has 4 nitrogen and oxygen atoms in total. The molecule has 2 rings (SSSR count). The Labute approximate surface area is 105 Å². The van der Waals surface area contributed by atoms with Crippen LogP contribution in [0.25, 0.3) is 0 Å². The second-order valence-corrected chi connectivity index (χ2v) is 7.66. The number of hydrogen-bond acceptors (Lipinski definition) is 4. The molecular formula is C12H24N2O2S. The average Bonchev–Trinajstić information content (AvgIpc) is 2.96. The van der Waals surface area contributed by atoms with Crippen molar-refractivity contribution in [2.45, 2.75) is 44.7 Å². The van der Waals surface area contributed by atoms with E-state index in [1.807, 2.05) is 0 Å². The number of nitrogens with one attached hydrogen (secondary N) is 1. The molecule has 2 heterocycles. The predicted octanol–water partition coefficient (Wildman–Crippen LogP) is 0.638. The summed E-state index contributed by atoms with van der Waals surface area (Å²) < 4.78 is 23.1. The summed E-state index contributed by atoms with van der Waals surface area (Å²) in [5, 5.41) is 3.55. The average molecular weight is 260 g/mol. The molecule has 100 valence electrons. The fourth-order valence-electron chi connectivity index (χ4n) is 3.03. The van der Waals surface area contributed by atoms with E-state index in [1.54, 1.807) is 6.92 Å². The summed E-state index contributed by atoms with van der Waals surface area (Å²) in [5.74, 6) is 0.597. The van der Waals surface area contributed by atoms with Gasteiger partial charge in [0.15, 0.2) is 9.84 Å². The third-order valence-corrected chi connectivity index (χ3v) is 5.79. The van der Waals surface area contributed by atoms with Crippen molar-refractivity contribution in [1.29, 1.82) is 0 Å². The number of likely N-dealkylation sites (tertiary alicyclic amines) is 1. The molecule has 2 aliphatic rings. The smallest absolute Gasteiger partial charge is 0.151 e. The summed E-state index contributed by atoms with van der Waals surface area (Å²) in [6, 6.07) is 1.17. The lowest BCUT2D eigenvalue weighted by molar-refractivity contribution is 0.225. The fourth-order valence-corrected chi connectivity index (χ4v) is 3.83. The van der Waals surface area contributed by atoms with E-state index in [4.69, 9.17) is 0 Å². The molecule has 2 saturated heterocycles. The number of hydrogen-bond donors (Lipinski definition) is 1. The molecule has 0 aromatic carbocycles. The molecule has 0 aromatic heterocycles. The van der Waals surface area contributed by atoms with Gasteiger partial charge in [0.1, 0.15) is 0 Å². The number of nitrogens with zero attached hydrogens (tertiary/aromatic N) is 1. The maximum absolute atomic E-state index is 11.5. The highest BCUT2D eigenvalue weighted by Gasteiger charge is 2.33. The first-order valence-corrected chi connectivity index (χ1v) is 8.62. The molecule has 0 aromatic rings. The SMILES string of the molecule is CCS(=O)(=O)CCN1CCCC1C1CCCN1. The Hall–Kier alpha value is -0.130. The topological polar surface area (TPSA) is 49.4 Å². The van der Waals surface area contributed by atoms with Crippen LogP contribution in [-0.2, 0) is 9.84 Å². The molecule has 1 N–H and O–H groups in total. The molecule has 2 atom stereocenters. The van der Waals surface area contributed by atoms with Crippen molar-refractivity contribution in [1.82, 2.24) is 10.2 Å². The second kappa shape index (κ2) is 5.67. The molecule has 2 unspecified atom stereocenters. The van der Waals surface area contributed by atoms with Gasteiger partial charge < -0.3 is 5.32 Å². The number of sulfone groups is 1. The summed E-state index contributed by atoms with van der Waals surface area (Å²) >= 11 is 0. The lowest BCUT2D eigenvalue weighted by Crippen LogP contribution is -2.45. The van der Waals surface area contributed by atoms with Crippen molar-refractivity contribution >= 4 is 9.84 Å². The monoisotopic (exact) mass is 260 g/mol. The Morgan fingerprint density at radius 3 is 2.76 bits per heavy atom. The van der Waals surface area contributed by atoms with Crippen LogP contribution in [0.1, 0.15) is 32.6 Å². The zero-order valence-electron chi connectivity index (χ0n) is 10.7. The molecule has 17 heavy (non-hydrogen) atoms. The van der Waals surface area contributed by atoms with Crippen LogP contribution in [0.2, 0.25) is 0 Å². The zero-order valence-corrected chi connectivity index (χ0v) is 11.5. The van der Waals surface area contributed by atoms with Gasteiger partial charge in [-0.25, -0.2) is 8.42 Å². The minimum Gasteiger partial charge on any atom is -0.312 e. The molecule has 0 aliphatic carbocycles. The van der Waals surface area contributed by atoms with E-state index < -0.39 is 9.84 Å². The summed E-state index contributed by atoms with van der Waals surface area (Å²) in [6.07, 6.45) is 4.96. The summed E-state index contributed by atoms with van der Waals surface area (Å²) in [4.78, 5) is 2.39. The zero-order chi connectivity index (χ0) is 12.3. The Bertz CT molecular complexity index is 336. The fraction of sp³-hybridized carbons (Fsp3) is 1.00. The van der Waals surface area contributed by atoms with Crippen LogP contribution in [-0.4, -0.2) is 56.5 Å². The van der Waals surface area contributed by atoms with Crippen LogP contribution in [0.4, 0.5) is 0 Å². The quantitative estimate of drug-likeness (QED) is 0.788. The standard InChI is InChI=1S/C12H24N2O2S/c1-2-17(15,16)10-9-14-8-4-6-12(14)11-5-3-7-13-11/h11-13H,2-10H2,1H3. The molecule has 0 amide bonds. The van der Waals surface area contributed by atoms with Crippen molar-refractivity contribution in [3.05, 3.63) is 0 Å². The first-order chi connectivity index (χ1) is 8.12. The van der Waals surface area contributed by atoms with E-state index in [1.165, 1.54) is 25.7 Å². The largest absolute Gasteiger partial charge is 0.312 e. The van der Waals surface area contributed by atoms with Crippen molar-refractivity contribution in [3.8, 4) is 0 Å². The van der Waals surface area contributed by atoms with Crippen LogP contribution < -0.4 is 5.32 Å². The molecule has 2 aliphatic heterocycles. The van der Waals surface area contributed by atoms with Crippen molar-refractivity contribution in [2.24, 2.45) is 0 Å². The van der Waals surface area contributed by atoms with E-state index in [2.05, 4.69) is 10.2 Å².